The molecule has 4 heterocycles. The molecular weight excluding hydrogens is 961 g/mol. The molecule has 0 fully saturated rings. The zero-order chi connectivity index (χ0) is 50.6. The molecule has 0 saturated carbocycles. The molecule has 0 N–H and O–H groups in total. The first-order valence-corrected chi connectivity index (χ1v) is 29.9. The summed E-state index contributed by atoms with van der Waals surface area (Å²) in [5, 5.41) is 27.8. The van der Waals surface area contributed by atoms with Crippen LogP contribution in [0.3, 0.4) is 0 Å². The van der Waals surface area contributed by atoms with Crippen LogP contribution in [0.25, 0.3) is 53.9 Å². The molecule has 4 aliphatic carbocycles. The smallest absolute Gasteiger partial charge is 0.270 e. The average Bonchev–Trinajstić information content (AvgIpc) is 4.28. The molecule has 72 heavy (non-hydrogen) atoms. The SMILES string of the molecule is [C-]#[N+]/C(C#N)=C1/C(=C/c2cc3c(s2)-c2cc4c(cc2C3(CCCCCC)CCCCCC)-c2sc(/C=C3\C(=O)c5cscc5\C3=C(/C#N)[N+]#[C-])cc2C4(CCCCCC)CCCCCC)C(=O)c2cscc21. The van der Waals surface area contributed by atoms with Gasteiger partial charge in [-0.1, -0.05) is 130 Å². The Labute approximate surface area is 442 Å². The van der Waals surface area contributed by atoms with Gasteiger partial charge < -0.3 is 0 Å². The predicted octanol–water partition coefficient (Wildman–Crippen LogP) is 19.2. The van der Waals surface area contributed by atoms with E-state index in [4.69, 9.17) is 13.1 Å². The number of carbonyl (C=O) groups is 2. The first kappa shape index (κ1) is 51.2. The minimum absolute atomic E-state index is 0.0440. The van der Waals surface area contributed by atoms with Gasteiger partial charge in [-0.15, -0.1) is 22.7 Å². The number of fused-ring (bicyclic) bond motifs is 8. The third-order valence-corrected chi connectivity index (χ3v) is 19.6. The van der Waals surface area contributed by atoms with Gasteiger partial charge in [0.05, 0.1) is 25.3 Å². The second kappa shape index (κ2) is 22.2. The zero-order valence-electron chi connectivity index (χ0n) is 42.2. The normalized spacial score (nSPS) is 17.8. The number of rotatable bonds is 22. The molecular formula is C62H62N4O2S4. The van der Waals surface area contributed by atoms with E-state index in [1.165, 1.54) is 91.5 Å². The van der Waals surface area contributed by atoms with Gasteiger partial charge >= 0.3 is 0 Å². The first-order chi connectivity index (χ1) is 35.2. The van der Waals surface area contributed by atoms with Crippen molar-refractivity contribution in [2.24, 2.45) is 0 Å². The number of allylic oxidation sites excluding steroid dienone is 6. The lowest BCUT2D eigenvalue weighted by molar-refractivity contribution is 0.103. The fourth-order valence-electron chi connectivity index (χ4n) is 12.4. The van der Waals surface area contributed by atoms with Crippen molar-refractivity contribution in [2.45, 2.75) is 167 Å². The van der Waals surface area contributed by atoms with E-state index in [1.807, 2.05) is 33.7 Å². The topological polar surface area (TPSA) is 90.4 Å². The summed E-state index contributed by atoms with van der Waals surface area (Å²) in [6.07, 6.45) is 26.5. The summed E-state index contributed by atoms with van der Waals surface area (Å²) in [6.45, 7) is 24.9. The molecule has 0 atom stereocenters. The summed E-state index contributed by atoms with van der Waals surface area (Å²) < 4.78 is 0. The first-order valence-electron chi connectivity index (χ1n) is 26.4. The maximum Gasteiger partial charge on any atom is 0.270 e. The standard InChI is InChI=1S/C62H62N4O2S4/c1-7-11-15-19-23-61(24-20-16-12-8-2)49-31-42-50(32-41(49)59-51(61)29-39(71-59)27-43-55(53(33-63)65-5)45-35-69-37-47(45)57(43)67)62(25-21-17-13-9-3,26-22-18-14-10-4)52-30-40(72-60(42)52)28-44-56(54(34-64)66-6)46-36-70-38-48(46)58(44)68/h27-32,35-38H,7-26H2,1-4H3/b43-27-,44-28-,55-53-,56-54+. The number of Topliss-reactive ketones (excluding diaryl/α,β-unsaturated/α-hetero) is 2. The fraction of sp³-hybridized carbons (Fsp3) is 0.419. The fourth-order valence-corrected chi connectivity index (χ4v) is 16.5. The molecule has 6 nitrogen and oxygen atoms in total. The molecule has 4 aromatic heterocycles. The van der Waals surface area contributed by atoms with Gasteiger partial charge in [-0.2, -0.15) is 22.7 Å². The monoisotopic (exact) mass is 1020 g/mol. The van der Waals surface area contributed by atoms with Gasteiger partial charge in [0, 0.05) is 74.5 Å². The van der Waals surface area contributed by atoms with Crippen LogP contribution in [0, 0.1) is 35.8 Å². The van der Waals surface area contributed by atoms with E-state index in [-0.39, 0.29) is 33.8 Å². The number of carbonyl (C=O) groups excluding carboxylic acids is 2. The molecule has 4 aliphatic rings. The van der Waals surface area contributed by atoms with Crippen molar-refractivity contribution >= 4 is 80.2 Å². The van der Waals surface area contributed by atoms with E-state index in [1.54, 1.807) is 22.7 Å². The van der Waals surface area contributed by atoms with E-state index >= 15 is 0 Å². The Hall–Kier alpha value is -5.72. The minimum Gasteiger partial charge on any atom is -0.289 e. The molecule has 10 heteroatoms. The second-order valence-electron chi connectivity index (χ2n) is 20.2. The van der Waals surface area contributed by atoms with Crippen LogP contribution in [0.5, 0.6) is 0 Å². The van der Waals surface area contributed by atoms with Crippen molar-refractivity contribution < 1.29 is 9.59 Å². The number of hydrogen-bond donors (Lipinski definition) is 0. The van der Waals surface area contributed by atoms with Crippen LogP contribution in [-0.2, 0) is 10.8 Å². The third kappa shape index (κ3) is 8.88. The van der Waals surface area contributed by atoms with Crippen LogP contribution in [0.15, 0.2) is 68.3 Å². The highest BCUT2D eigenvalue weighted by Crippen LogP contribution is 2.64. The number of unbranched alkanes of at least 4 members (excludes halogenated alkanes) is 12. The molecule has 0 amide bonds. The molecule has 1 aromatic carbocycles. The van der Waals surface area contributed by atoms with Crippen LogP contribution in [0.4, 0.5) is 0 Å². The van der Waals surface area contributed by atoms with Gasteiger partial charge in [0.1, 0.15) is 0 Å². The summed E-state index contributed by atoms with van der Waals surface area (Å²) in [5.74, 6) is -0.242. The molecule has 0 bridgehead atoms. The van der Waals surface area contributed by atoms with Crippen LogP contribution in [0.2, 0.25) is 0 Å². The van der Waals surface area contributed by atoms with E-state index in [0.717, 1.165) is 112 Å². The van der Waals surface area contributed by atoms with E-state index < -0.39 is 0 Å². The molecule has 0 radical (unpaired) electrons. The van der Waals surface area contributed by atoms with Crippen molar-refractivity contribution in [3.63, 3.8) is 0 Å². The molecule has 0 saturated heterocycles. The summed E-state index contributed by atoms with van der Waals surface area (Å²) in [6, 6.07) is 14.2. The average molecular weight is 1020 g/mol. The number of thiophene rings is 4. The lowest BCUT2D eigenvalue weighted by atomic mass is 9.68. The molecule has 5 aromatic rings. The summed E-state index contributed by atoms with van der Waals surface area (Å²) in [4.78, 5) is 40.1. The Bertz CT molecular complexity index is 2980. The van der Waals surface area contributed by atoms with Gasteiger partial charge in [-0.3, -0.25) is 9.59 Å². The van der Waals surface area contributed by atoms with Crippen LogP contribution >= 0.6 is 45.3 Å². The van der Waals surface area contributed by atoms with Gasteiger partial charge in [-0.05, 0) is 117 Å². The largest absolute Gasteiger partial charge is 0.289 e. The molecule has 0 aliphatic heterocycles. The van der Waals surface area contributed by atoms with Crippen LogP contribution < -0.4 is 0 Å². The Balaban J connectivity index is 1.27. The van der Waals surface area contributed by atoms with Gasteiger partial charge in [0.15, 0.2) is 11.6 Å². The summed E-state index contributed by atoms with van der Waals surface area (Å²) in [7, 11) is 0. The van der Waals surface area contributed by atoms with Gasteiger partial charge in [-0.25, -0.2) is 20.2 Å². The van der Waals surface area contributed by atoms with Crippen LogP contribution in [0.1, 0.15) is 220 Å². The van der Waals surface area contributed by atoms with Crippen LogP contribution in [-0.4, -0.2) is 11.6 Å². The molecule has 366 valence electrons. The highest BCUT2D eigenvalue weighted by molar-refractivity contribution is 7.17. The maximum absolute atomic E-state index is 14.2. The van der Waals surface area contributed by atoms with E-state index in [2.05, 4.69) is 73.8 Å². The van der Waals surface area contributed by atoms with Crippen molar-refractivity contribution in [3.8, 4) is 33.0 Å². The highest BCUT2D eigenvalue weighted by atomic mass is 32.1. The predicted molar refractivity (Wildman–Crippen MR) is 301 cm³/mol. The van der Waals surface area contributed by atoms with E-state index in [9.17, 15) is 20.1 Å². The maximum atomic E-state index is 14.2. The van der Waals surface area contributed by atoms with Crippen molar-refractivity contribution in [1.82, 2.24) is 0 Å². The number of ketones is 2. The quantitative estimate of drug-likeness (QED) is 0.0299. The molecule has 9 rings (SSSR count). The second-order valence-corrected chi connectivity index (χ2v) is 23.9. The Kier molecular flexibility index (Phi) is 15.8. The lowest BCUT2D eigenvalue weighted by Crippen LogP contribution is -2.27. The Morgan fingerprint density at radius 3 is 1.17 bits per heavy atom. The summed E-state index contributed by atoms with van der Waals surface area (Å²) >= 11 is 6.38. The number of hydrogen-bond acceptors (Lipinski definition) is 8. The Morgan fingerprint density at radius 2 is 0.847 bits per heavy atom. The number of nitrogens with zero attached hydrogens (tertiary/aromatic N) is 4. The molecule has 0 spiro atoms. The molecule has 0 unspecified atom stereocenters. The number of benzene rings is 1. The van der Waals surface area contributed by atoms with Crippen molar-refractivity contribution in [1.29, 1.82) is 10.5 Å². The van der Waals surface area contributed by atoms with Crippen molar-refractivity contribution in [3.05, 3.63) is 145 Å². The van der Waals surface area contributed by atoms with Gasteiger partial charge in [0.2, 0.25) is 0 Å². The summed E-state index contributed by atoms with van der Waals surface area (Å²) in [5.41, 5.74) is 11.9. The number of nitriles is 2. The highest BCUT2D eigenvalue weighted by Gasteiger charge is 2.49. The van der Waals surface area contributed by atoms with E-state index in [0.29, 0.717) is 44.5 Å². The van der Waals surface area contributed by atoms with Gasteiger partial charge in [0.25, 0.3) is 11.4 Å². The van der Waals surface area contributed by atoms with Crippen molar-refractivity contribution in [2.75, 3.05) is 0 Å². The zero-order valence-corrected chi connectivity index (χ0v) is 45.4. The third-order valence-electron chi connectivity index (χ3n) is 15.9. The Morgan fingerprint density at radius 1 is 0.500 bits per heavy atom. The lowest BCUT2D eigenvalue weighted by Gasteiger charge is -2.34. The minimum atomic E-state index is -0.240.